The minimum absolute atomic E-state index is 0. The van der Waals surface area contributed by atoms with Crippen LogP contribution in [0, 0.1) is 11.3 Å². The van der Waals surface area contributed by atoms with E-state index in [1.165, 1.54) is 13.2 Å². The molecule has 0 atom stereocenters. The van der Waals surface area contributed by atoms with Gasteiger partial charge in [-0.1, -0.05) is 41.9 Å². The molecule has 1 amide bonds. The van der Waals surface area contributed by atoms with E-state index < -0.39 is 5.91 Å². The van der Waals surface area contributed by atoms with Gasteiger partial charge in [-0.2, -0.15) is 5.26 Å². The SMILES string of the molecule is COc1cc(/C=C(/C#N)C(=O)Nc2cccc3ncccc23)ccc1OCc1ccccc1Cl.Cl. The van der Waals surface area contributed by atoms with E-state index in [1.807, 2.05) is 36.4 Å². The molecule has 0 aliphatic carbocycles. The number of amides is 1. The second kappa shape index (κ2) is 11.9. The van der Waals surface area contributed by atoms with Crippen molar-refractivity contribution in [2.45, 2.75) is 6.61 Å². The van der Waals surface area contributed by atoms with E-state index in [2.05, 4.69) is 10.3 Å². The number of fused-ring (bicyclic) bond motifs is 1. The molecule has 0 spiro atoms. The number of rotatable bonds is 7. The van der Waals surface area contributed by atoms with Crippen LogP contribution in [-0.4, -0.2) is 18.0 Å². The molecular formula is C27H21Cl2N3O3. The molecule has 8 heteroatoms. The summed E-state index contributed by atoms with van der Waals surface area (Å²) in [6, 6.07) is 23.7. The summed E-state index contributed by atoms with van der Waals surface area (Å²) < 4.78 is 11.3. The molecule has 4 aromatic rings. The Hall–Kier alpha value is -4.05. The van der Waals surface area contributed by atoms with Gasteiger partial charge >= 0.3 is 0 Å². The maximum Gasteiger partial charge on any atom is 0.266 e. The van der Waals surface area contributed by atoms with Gasteiger partial charge in [0.15, 0.2) is 11.5 Å². The van der Waals surface area contributed by atoms with Gasteiger partial charge < -0.3 is 14.8 Å². The third kappa shape index (κ3) is 6.10. The first-order chi connectivity index (χ1) is 16.6. The second-order valence-electron chi connectivity index (χ2n) is 7.29. The van der Waals surface area contributed by atoms with E-state index in [0.29, 0.717) is 27.8 Å². The van der Waals surface area contributed by atoms with Crippen molar-refractivity contribution in [2.75, 3.05) is 12.4 Å². The lowest BCUT2D eigenvalue weighted by Gasteiger charge is -2.12. The third-order valence-corrected chi connectivity index (χ3v) is 5.47. The molecule has 0 aliphatic rings. The van der Waals surface area contributed by atoms with Crippen molar-refractivity contribution in [3.63, 3.8) is 0 Å². The Labute approximate surface area is 214 Å². The number of hydrogen-bond donors (Lipinski definition) is 1. The van der Waals surface area contributed by atoms with E-state index in [1.54, 1.807) is 48.7 Å². The maximum absolute atomic E-state index is 12.8. The summed E-state index contributed by atoms with van der Waals surface area (Å²) in [5.41, 5.74) is 2.75. The molecular weight excluding hydrogens is 485 g/mol. The Morgan fingerprint density at radius 2 is 1.91 bits per heavy atom. The molecule has 0 bridgehead atoms. The Bertz CT molecular complexity index is 1430. The van der Waals surface area contributed by atoms with Crippen LogP contribution < -0.4 is 14.8 Å². The van der Waals surface area contributed by atoms with E-state index in [-0.39, 0.29) is 24.6 Å². The number of hydrogen-bond acceptors (Lipinski definition) is 5. The number of nitrogens with one attached hydrogen (secondary N) is 1. The fourth-order valence-electron chi connectivity index (χ4n) is 3.38. The van der Waals surface area contributed by atoms with Crippen LogP contribution >= 0.6 is 24.0 Å². The number of pyridine rings is 1. The van der Waals surface area contributed by atoms with Crippen LogP contribution in [0.3, 0.4) is 0 Å². The Kier molecular flexibility index (Phi) is 8.69. The number of ether oxygens (including phenoxy) is 2. The van der Waals surface area contributed by atoms with E-state index >= 15 is 0 Å². The molecule has 35 heavy (non-hydrogen) atoms. The number of methoxy groups -OCH3 is 1. The highest BCUT2D eigenvalue weighted by Crippen LogP contribution is 2.30. The van der Waals surface area contributed by atoms with Crippen molar-refractivity contribution >= 4 is 52.6 Å². The average Bonchev–Trinajstić information content (AvgIpc) is 2.87. The van der Waals surface area contributed by atoms with Crippen molar-refractivity contribution in [1.82, 2.24) is 4.98 Å². The van der Waals surface area contributed by atoms with E-state index in [4.69, 9.17) is 21.1 Å². The highest BCUT2D eigenvalue weighted by molar-refractivity contribution is 6.31. The molecule has 0 saturated carbocycles. The lowest BCUT2D eigenvalue weighted by Crippen LogP contribution is -2.13. The van der Waals surface area contributed by atoms with E-state index in [9.17, 15) is 10.1 Å². The fourth-order valence-corrected chi connectivity index (χ4v) is 3.57. The Balaban J connectivity index is 0.00000342. The van der Waals surface area contributed by atoms with Crippen LogP contribution in [0.5, 0.6) is 11.5 Å². The van der Waals surface area contributed by atoms with Crippen LogP contribution in [0.4, 0.5) is 5.69 Å². The quantitative estimate of drug-likeness (QED) is 0.230. The number of halogens is 2. The number of aromatic nitrogens is 1. The normalized spacial score (nSPS) is 10.7. The zero-order valence-corrected chi connectivity index (χ0v) is 20.3. The smallest absolute Gasteiger partial charge is 0.266 e. The number of carbonyl (C=O) groups excluding carboxylic acids is 1. The predicted octanol–water partition coefficient (Wildman–Crippen LogP) is 6.44. The van der Waals surface area contributed by atoms with Gasteiger partial charge in [-0.15, -0.1) is 12.4 Å². The predicted molar refractivity (Wildman–Crippen MR) is 140 cm³/mol. The van der Waals surface area contributed by atoms with Gasteiger partial charge in [-0.25, -0.2) is 0 Å². The van der Waals surface area contributed by atoms with Crippen LogP contribution in [0.2, 0.25) is 5.02 Å². The van der Waals surface area contributed by atoms with Crippen molar-refractivity contribution in [1.29, 1.82) is 5.26 Å². The number of nitrogens with zero attached hydrogens (tertiary/aromatic N) is 2. The molecule has 1 aromatic heterocycles. The fraction of sp³-hybridized carbons (Fsp3) is 0.0741. The molecule has 176 valence electrons. The summed E-state index contributed by atoms with van der Waals surface area (Å²) in [5.74, 6) is 0.473. The largest absolute Gasteiger partial charge is 0.493 e. The van der Waals surface area contributed by atoms with Gasteiger partial charge in [0.05, 0.1) is 18.3 Å². The third-order valence-electron chi connectivity index (χ3n) is 5.10. The van der Waals surface area contributed by atoms with Crippen LogP contribution in [-0.2, 0) is 11.4 Å². The molecule has 1 N–H and O–H groups in total. The van der Waals surface area contributed by atoms with Crippen molar-refractivity contribution in [2.24, 2.45) is 0 Å². The summed E-state index contributed by atoms with van der Waals surface area (Å²) in [6.45, 7) is 0.275. The molecule has 0 aliphatic heterocycles. The highest BCUT2D eigenvalue weighted by Gasteiger charge is 2.13. The van der Waals surface area contributed by atoms with Gasteiger partial charge in [-0.3, -0.25) is 9.78 Å². The zero-order chi connectivity index (χ0) is 23.9. The average molecular weight is 506 g/mol. The van der Waals surface area contributed by atoms with Crippen molar-refractivity contribution in [3.8, 4) is 17.6 Å². The molecule has 0 unspecified atom stereocenters. The van der Waals surface area contributed by atoms with Gasteiger partial charge in [0.25, 0.3) is 5.91 Å². The summed E-state index contributed by atoms with van der Waals surface area (Å²) in [5, 5.41) is 13.8. The lowest BCUT2D eigenvalue weighted by atomic mass is 10.1. The highest BCUT2D eigenvalue weighted by atomic mass is 35.5. The first-order valence-electron chi connectivity index (χ1n) is 10.4. The number of benzene rings is 3. The van der Waals surface area contributed by atoms with Crippen molar-refractivity contribution < 1.29 is 14.3 Å². The topological polar surface area (TPSA) is 84.2 Å². The molecule has 6 nitrogen and oxygen atoms in total. The van der Waals surface area contributed by atoms with Crippen molar-refractivity contribution in [3.05, 3.63) is 101 Å². The summed E-state index contributed by atoms with van der Waals surface area (Å²) in [6.07, 6.45) is 3.18. The van der Waals surface area contributed by atoms with Crippen LogP contribution in [0.15, 0.2) is 84.6 Å². The lowest BCUT2D eigenvalue weighted by molar-refractivity contribution is -0.112. The van der Waals surface area contributed by atoms with Crippen LogP contribution in [0.1, 0.15) is 11.1 Å². The first kappa shape index (κ1) is 25.6. The minimum atomic E-state index is -0.517. The monoisotopic (exact) mass is 505 g/mol. The number of carbonyl (C=O) groups is 1. The molecule has 3 aromatic carbocycles. The van der Waals surface area contributed by atoms with Gasteiger partial charge in [0.1, 0.15) is 18.2 Å². The Morgan fingerprint density at radius 1 is 1.09 bits per heavy atom. The summed E-state index contributed by atoms with van der Waals surface area (Å²) in [7, 11) is 1.53. The number of nitriles is 1. The Morgan fingerprint density at radius 3 is 2.69 bits per heavy atom. The first-order valence-corrected chi connectivity index (χ1v) is 10.8. The van der Waals surface area contributed by atoms with E-state index in [0.717, 1.165) is 16.5 Å². The van der Waals surface area contributed by atoms with Gasteiger partial charge in [0.2, 0.25) is 0 Å². The second-order valence-corrected chi connectivity index (χ2v) is 7.70. The molecule has 0 radical (unpaired) electrons. The van der Waals surface area contributed by atoms with Crippen LogP contribution in [0.25, 0.3) is 17.0 Å². The summed E-state index contributed by atoms with van der Waals surface area (Å²) >= 11 is 6.19. The summed E-state index contributed by atoms with van der Waals surface area (Å²) in [4.78, 5) is 17.1. The minimum Gasteiger partial charge on any atom is -0.493 e. The zero-order valence-electron chi connectivity index (χ0n) is 18.7. The molecule has 0 fully saturated rings. The van der Waals surface area contributed by atoms with Gasteiger partial charge in [-0.05, 0) is 54.1 Å². The van der Waals surface area contributed by atoms with Gasteiger partial charge in [0, 0.05) is 22.2 Å². The maximum atomic E-state index is 12.8. The molecule has 4 rings (SSSR count). The standard InChI is InChI=1S/C27H20ClN3O3.ClH/c1-33-26-15-18(11-12-25(26)34-17-19-6-2-3-8-22(19)28)14-20(16-29)27(32)31-24-10-4-9-23-21(24)7-5-13-30-23;/h2-15H,17H2,1H3,(H,31,32);1H/b20-14-;. The molecule has 1 heterocycles. The molecule has 0 saturated heterocycles. The number of anilines is 1.